The Morgan fingerprint density at radius 1 is 0.597 bits per heavy atom. The van der Waals surface area contributed by atoms with Crippen LogP contribution in [-0.4, -0.2) is 198 Å². The average Bonchev–Trinajstić information content (AvgIpc) is 1.59. The highest BCUT2D eigenvalue weighted by Crippen LogP contribution is 2.46. The molecule has 33 heteroatoms. The van der Waals surface area contributed by atoms with Crippen LogP contribution < -0.4 is 20.3 Å². The van der Waals surface area contributed by atoms with Crippen molar-refractivity contribution in [3.05, 3.63) is 202 Å². The second kappa shape index (κ2) is 45.1. The van der Waals surface area contributed by atoms with E-state index in [0.717, 1.165) is 70.8 Å². The van der Waals surface area contributed by atoms with Gasteiger partial charge in [-0.1, -0.05) is 89.6 Å². The number of carbonyl (C=O) groups is 4. The molecule has 6 aliphatic rings. The molecule has 119 heavy (non-hydrogen) atoms. The number of unbranched alkanes of at least 4 members (excludes halogenated alkanes) is 1. The van der Waals surface area contributed by atoms with Crippen LogP contribution in [-0.2, 0) is 29.9 Å². The molecule has 7 aromatic rings. The number of likely N-dealkylation sites (tertiary alicyclic amines) is 2. The summed E-state index contributed by atoms with van der Waals surface area (Å²) >= 11 is 42.1. The molecule has 1 aromatic carbocycles. The molecule has 4 amide bonds. The highest BCUT2D eigenvalue weighted by molar-refractivity contribution is 9.10. The van der Waals surface area contributed by atoms with Gasteiger partial charge in [-0.25, -0.2) is 19.4 Å². The van der Waals surface area contributed by atoms with Gasteiger partial charge in [0.1, 0.15) is 49.1 Å². The summed E-state index contributed by atoms with van der Waals surface area (Å²) < 4.78 is 40.0. The van der Waals surface area contributed by atoms with E-state index in [2.05, 4.69) is 51.2 Å². The van der Waals surface area contributed by atoms with Gasteiger partial charge in [-0.3, -0.25) is 29.5 Å². The number of rotatable bonds is 12. The lowest BCUT2D eigenvalue weighted by Crippen LogP contribution is -2.41. The van der Waals surface area contributed by atoms with Gasteiger partial charge in [-0.05, 0) is 235 Å². The number of H-pyrrole nitrogens is 1. The van der Waals surface area contributed by atoms with Crippen molar-refractivity contribution in [2.24, 2.45) is 0 Å². The van der Waals surface area contributed by atoms with Gasteiger partial charge >= 0.3 is 25.4 Å². The molecule has 0 aliphatic carbocycles. The van der Waals surface area contributed by atoms with Crippen molar-refractivity contribution in [2.75, 3.05) is 79.7 Å². The minimum absolute atomic E-state index is 0.0186. The minimum Gasteiger partial charge on any atom is -0.506 e. The van der Waals surface area contributed by atoms with Gasteiger partial charge in [0.05, 0.1) is 73.9 Å². The predicted molar refractivity (Wildman–Crippen MR) is 477 cm³/mol. The monoisotopic (exact) mass is 1840 g/mol. The largest absolute Gasteiger partial charge is 0.506 e. The third-order valence-electron chi connectivity index (χ3n) is 19.3. The number of amides is 4. The normalized spacial score (nSPS) is 17.7. The Morgan fingerprint density at radius 2 is 1.03 bits per heavy atom. The highest BCUT2D eigenvalue weighted by Gasteiger charge is 2.53. The number of alkyl halides is 2. The van der Waals surface area contributed by atoms with Crippen molar-refractivity contribution in [3.8, 4) is 28.4 Å². The minimum atomic E-state index is -0.616. The molecule has 6 aromatic heterocycles. The van der Waals surface area contributed by atoms with E-state index in [4.69, 9.17) is 114 Å². The standard InChI is InChI=1S/C27H30ClN3O5.C15H26BNO4.C14H19ClN2O2.C14H17ClN2O2.C9H11ClN2.C5H3BrClN.C2H4Cl2/c1-4-5-7-19-22(23-20(35-2)8-6-9-21(23)36-3)25(32)24(26(33)30-19)27(34)31-13-12-16(15-31)18-11-10-17(28)14-29-18;1-13(2,3)19-12(18)17-9-8-11(10-17)16-20-14(4,5)15(6,7)21-16;2*1-14(2,3)19-13(18)17-7-6-10(9-17)12-5-4-11(15)8-16-12;10-8-1-2-9(12-6-8)7-3-4-11-5-7;6-5-2-1-4(7)3-8-5;1-2(3)4/h6,8-11,14,16H,4-5,7,12-13,15H2,1-3H3,(H2,30,32,33);8H,9-10H2,1-7H3;4-5,8,10H,6-7,9H2,1-3H3;4-6,8H,7,9H2,1-3H3;1-2,6-7,11H,3-5H2;1-3H;2H,1H3. The summed E-state index contributed by atoms with van der Waals surface area (Å²) in [5.41, 5.74) is 4.14. The van der Waals surface area contributed by atoms with Gasteiger partial charge in [0, 0.05) is 124 Å². The van der Waals surface area contributed by atoms with Crippen molar-refractivity contribution in [1.82, 2.24) is 54.8 Å². The van der Waals surface area contributed by atoms with Crippen LogP contribution in [0.4, 0.5) is 14.4 Å². The summed E-state index contributed by atoms with van der Waals surface area (Å²) in [6.07, 6.45) is 16.3. The van der Waals surface area contributed by atoms with Crippen LogP contribution in [0.25, 0.3) is 16.7 Å². The van der Waals surface area contributed by atoms with Crippen molar-refractivity contribution < 1.29 is 57.3 Å². The third kappa shape index (κ3) is 30.8. The SMILES string of the molecule is CC(C)(C)OC(=O)N1CC=C(B2OC(C)(C)C(C)(C)O2)C1.CC(C)(C)OC(=O)N1CC=C(c2ccc(Cl)cn2)C1.CC(C)(C)OC(=O)N1CCC(c2ccc(Cl)cn2)C1.CC(Cl)Cl.CCCCc1[nH]c(=O)c(C(=O)N2CCC(c3ccc(Cl)cn3)C2)c(O)c1-c1c(OC)cccc1OC.Clc1ccc(Br)nc1.Clc1ccc(C2CCNC2)nc1. The molecule has 12 heterocycles. The summed E-state index contributed by atoms with van der Waals surface area (Å²) in [6.45, 7) is 35.1. The Balaban J connectivity index is 0.000000205. The Labute approximate surface area is 743 Å². The number of aromatic amines is 1. The van der Waals surface area contributed by atoms with Crippen molar-refractivity contribution in [2.45, 2.75) is 193 Å². The molecule has 4 saturated heterocycles. The quantitative estimate of drug-likeness (QED) is 0.0444. The first-order chi connectivity index (χ1) is 55.9. The number of methoxy groups -OCH3 is 2. The van der Waals surface area contributed by atoms with E-state index >= 15 is 0 Å². The topological polar surface area (TPSA) is 275 Å². The van der Waals surface area contributed by atoms with Crippen molar-refractivity contribution >= 4 is 134 Å². The van der Waals surface area contributed by atoms with Crippen LogP contribution in [0.2, 0.25) is 25.1 Å². The number of hydrogen-bond donors (Lipinski definition) is 3. The molecule has 0 saturated carbocycles. The molecule has 646 valence electrons. The molecule has 0 spiro atoms. The van der Waals surface area contributed by atoms with Crippen molar-refractivity contribution in [1.29, 1.82) is 0 Å². The fraction of sp³-hybridized carbons (Fsp3) is 0.488. The molecule has 0 radical (unpaired) electrons. The number of nitrogens with zero attached hydrogens (tertiary/aromatic N) is 9. The van der Waals surface area contributed by atoms with E-state index in [1.54, 1.807) is 100.0 Å². The summed E-state index contributed by atoms with van der Waals surface area (Å²) in [5.74, 6) is 0.899. The number of halogens is 8. The molecule has 24 nitrogen and oxygen atoms in total. The lowest BCUT2D eigenvalue weighted by Gasteiger charge is -2.32. The maximum atomic E-state index is 13.6. The fourth-order valence-electron chi connectivity index (χ4n) is 12.7. The van der Waals surface area contributed by atoms with Gasteiger partial charge < -0.3 is 68.0 Å². The smallest absolute Gasteiger partial charge is 0.492 e. The Morgan fingerprint density at radius 3 is 1.45 bits per heavy atom. The van der Waals surface area contributed by atoms with Gasteiger partial charge in [-0.15, -0.1) is 23.2 Å². The van der Waals surface area contributed by atoms with E-state index in [0.29, 0.717) is 125 Å². The number of nitrogens with one attached hydrogen (secondary N) is 2. The van der Waals surface area contributed by atoms with Crippen LogP contribution in [0.5, 0.6) is 17.2 Å². The second-order valence-electron chi connectivity index (χ2n) is 32.7. The first kappa shape index (κ1) is 98.6. The average molecular weight is 1840 g/mol. The first-order valence-corrected chi connectivity index (χ1v) is 42.8. The second-order valence-corrected chi connectivity index (χ2v) is 37.2. The first-order valence-electron chi connectivity index (χ1n) is 39.3. The molecule has 13 rings (SSSR count). The van der Waals surface area contributed by atoms with E-state index in [9.17, 15) is 29.1 Å². The van der Waals surface area contributed by atoms with E-state index < -0.39 is 28.3 Å². The van der Waals surface area contributed by atoms with E-state index in [-0.39, 0.29) is 64.6 Å². The maximum Gasteiger partial charge on any atom is 0.492 e. The van der Waals surface area contributed by atoms with Gasteiger partial charge in [0.25, 0.3) is 11.5 Å². The lowest BCUT2D eigenvalue weighted by atomic mass is 9.79. The molecule has 6 aliphatic heterocycles. The number of ether oxygens (including phenoxy) is 5. The zero-order valence-electron chi connectivity index (χ0n) is 70.6. The molecule has 4 fully saturated rings. The number of carbonyl (C=O) groups excluding carboxylic acids is 4. The molecule has 3 N–H and O–H groups in total. The van der Waals surface area contributed by atoms with Gasteiger partial charge in [0.2, 0.25) is 0 Å². The Bertz CT molecular complexity index is 4520. The van der Waals surface area contributed by atoms with E-state index in [1.807, 2.05) is 145 Å². The molecular formula is C86H110BBrCl7N11O13. The number of aromatic nitrogens is 6. The fourth-order valence-corrected chi connectivity index (χ4v) is 13.5. The number of pyridine rings is 6. The van der Waals surface area contributed by atoms with Crippen LogP contribution in [0.3, 0.4) is 0 Å². The van der Waals surface area contributed by atoms with Crippen LogP contribution in [0.15, 0.2) is 137 Å². The summed E-state index contributed by atoms with van der Waals surface area (Å²) in [7, 11) is 2.66. The summed E-state index contributed by atoms with van der Waals surface area (Å²) in [6, 6.07) is 23.8. The zero-order valence-corrected chi connectivity index (χ0v) is 77.5. The summed E-state index contributed by atoms with van der Waals surface area (Å²) in [5, 5.41) is 17.9. The number of aryl methyl sites for hydroxylation is 1. The van der Waals surface area contributed by atoms with E-state index in [1.165, 1.54) is 20.6 Å². The molecule has 3 unspecified atom stereocenters. The molecule has 3 atom stereocenters. The van der Waals surface area contributed by atoms with Crippen LogP contribution in [0.1, 0.15) is 193 Å². The highest BCUT2D eigenvalue weighted by atomic mass is 79.9. The number of aromatic hydroxyl groups is 1. The third-order valence-corrected chi connectivity index (χ3v) is 20.9. The maximum absolute atomic E-state index is 13.6. The van der Waals surface area contributed by atoms with Crippen molar-refractivity contribution in [3.63, 3.8) is 0 Å². The van der Waals surface area contributed by atoms with Crippen LogP contribution in [0, 0.1) is 0 Å². The summed E-state index contributed by atoms with van der Waals surface area (Å²) in [4.78, 5) is 93.1. The Hall–Kier alpha value is -7.47. The molecule has 0 bridgehead atoms. The number of hydrogen-bond acceptors (Lipinski definition) is 19. The van der Waals surface area contributed by atoms with Gasteiger partial charge in [0.15, 0.2) is 0 Å². The number of benzene rings is 1. The lowest BCUT2D eigenvalue weighted by molar-refractivity contribution is 0.00578. The Kier molecular flexibility index (Phi) is 37.4. The molecular weight excluding hydrogens is 1730 g/mol. The van der Waals surface area contributed by atoms with Crippen LogP contribution >= 0.6 is 97.1 Å². The zero-order chi connectivity index (χ0) is 87.9. The predicted octanol–water partition coefficient (Wildman–Crippen LogP) is 20.5. The van der Waals surface area contributed by atoms with Gasteiger partial charge in [-0.2, -0.15) is 0 Å².